The van der Waals surface area contributed by atoms with E-state index in [1.807, 2.05) is 36.1 Å². The molecule has 0 saturated carbocycles. The van der Waals surface area contributed by atoms with E-state index in [1.165, 1.54) is 5.56 Å². The summed E-state index contributed by atoms with van der Waals surface area (Å²) < 4.78 is 7.66. The predicted molar refractivity (Wildman–Crippen MR) is 130 cm³/mol. The molecule has 174 valence electrons. The summed E-state index contributed by atoms with van der Waals surface area (Å²) in [5.41, 5.74) is 13.4. The number of hydrogen-bond donors (Lipinski definition) is 4. The van der Waals surface area contributed by atoms with Gasteiger partial charge in [0.15, 0.2) is 0 Å². The molecule has 0 fully saturated rings. The lowest BCUT2D eigenvalue weighted by atomic mass is 10.1. The number of carbonyl (C=O) groups excluding carboxylic acids is 1. The standard InChI is InChI=1S/C16H20N6S.C6H13NO2/c1-12-10-15(11-17)21-16(20-12)22(9-7-19-23)8-6-13-2-4-14(18)5-3-13;1-6(2,3)9-5(8)4-7/h2-5,10,19,23H,6-9,18H2,1H3;4,7H2,1-3H3. The lowest BCUT2D eigenvalue weighted by Crippen LogP contribution is -2.33. The molecule has 32 heavy (non-hydrogen) atoms. The predicted octanol–water partition coefficient (Wildman–Crippen LogP) is 2.01. The van der Waals surface area contributed by atoms with Gasteiger partial charge in [-0.1, -0.05) is 24.9 Å². The van der Waals surface area contributed by atoms with Crippen LogP contribution in [-0.4, -0.2) is 47.7 Å². The monoisotopic (exact) mass is 459 g/mol. The van der Waals surface area contributed by atoms with Gasteiger partial charge in [0.1, 0.15) is 17.4 Å². The maximum atomic E-state index is 10.5. The van der Waals surface area contributed by atoms with E-state index in [0.29, 0.717) is 24.7 Å². The van der Waals surface area contributed by atoms with Crippen LogP contribution in [0.1, 0.15) is 37.7 Å². The zero-order chi connectivity index (χ0) is 24.1. The van der Waals surface area contributed by atoms with E-state index in [9.17, 15) is 4.79 Å². The second kappa shape index (κ2) is 13.5. The highest BCUT2D eigenvalue weighted by Gasteiger charge is 2.14. The summed E-state index contributed by atoms with van der Waals surface area (Å²) in [6.07, 6.45) is 0.839. The Balaban J connectivity index is 0.000000482. The molecule has 0 aliphatic carbocycles. The minimum Gasteiger partial charge on any atom is -0.459 e. The van der Waals surface area contributed by atoms with Crippen LogP contribution in [-0.2, 0) is 16.0 Å². The molecule has 5 N–H and O–H groups in total. The van der Waals surface area contributed by atoms with Crippen molar-refractivity contribution in [3.8, 4) is 6.07 Å². The SMILES string of the molecule is CC(C)(C)OC(=O)CN.Cc1cc(C#N)nc(N(CCNS)CCc2ccc(N)cc2)n1. The van der Waals surface area contributed by atoms with Crippen LogP contribution in [0, 0.1) is 18.3 Å². The summed E-state index contributed by atoms with van der Waals surface area (Å²) in [5.74, 6) is 0.211. The number of thiol groups is 1. The lowest BCUT2D eigenvalue weighted by Gasteiger charge is -2.23. The fourth-order valence-electron chi connectivity index (χ4n) is 2.58. The van der Waals surface area contributed by atoms with Gasteiger partial charge in [-0.25, -0.2) is 9.97 Å². The molecule has 0 aliphatic heterocycles. The van der Waals surface area contributed by atoms with Gasteiger partial charge >= 0.3 is 5.97 Å². The van der Waals surface area contributed by atoms with Gasteiger partial charge in [-0.3, -0.25) is 9.52 Å². The van der Waals surface area contributed by atoms with Gasteiger partial charge < -0.3 is 21.1 Å². The fourth-order valence-corrected chi connectivity index (χ4v) is 2.68. The smallest absolute Gasteiger partial charge is 0.320 e. The van der Waals surface area contributed by atoms with Gasteiger partial charge in [0, 0.05) is 31.0 Å². The zero-order valence-electron chi connectivity index (χ0n) is 19.1. The molecule has 2 aromatic rings. The molecule has 0 unspecified atom stereocenters. The van der Waals surface area contributed by atoms with E-state index in [4.69, 9.17) is 21.5 Å². The number of ether oxygens (including phenoxy) is 1. The lowest BCUT2D eigenvalue weighted by molar-refractivity contribution is -0.152. The normalized spacial score (nSPS) is 10.5. The summed E-state index contributed by atoms with van der Waals surface area (Å²) in [5, 5.41) is 9.08. The first-order chi connectivity index (χ1) is 15.1. The maximum absolute atomic E-state index is 10.5. The maximum Gasteiger partial charge on any atom is 0.320 e. The molecule has 1 aromatic heterocycles. The van der Waals surface area contributed by atoms with E-state index in [2.05, 4.69) is 33.6 Å². The number of nitrogen functional groups attached to an aromatic ring is 1. The number of nitrogens with one attached hydrogen (secondary N) is 1. The highest BCUT2D eigenvalue weighted by atomic mass is 32.1. The number of hydrogen-bond acceptors (Lipinski definition) is 10. The number of nitrogens with zero attached hydrogens (tertiary/aromatic N) is 4. The van der Waals surface area contributed by atoms with Crippen LogP contribution in [0.2, 0.25) is 0 Å². The first-order valence-electron chi connectivity index (χ1n) is 10.2. The Morgan fingerprint density at radius 3 is 2.41 bits per heavy atom. The molecule has 0 spiro atoms. The van der Waals surface area contributed by atoms with E-state index < -0.39 is 5.60 Å². The first-order valence-corrected chi connectivity index (χ1v) is 10.7. The Labute approximate surface area is 195 Å². The molecule has 0 bridgehead atoms. The van der Waals surface area contributed by atoms with Gasteiger partial charge in [0.25, 0.3) is 0 Å². The number of benzene rings is 1. The van der Waals surface area contributed by atoms with E-state index in [1.54, 1.807) is 26.8 Å². The summed E-state index contributed by atoms with van der Waals surface area (Å²) in [4.78, 5) is 21.3. The molecule has 0 atom stereocenters. The molecule has 10 heteroatoms. The third-order valence-electron chi connectivity index (χ3n) is 3.97. The highest BCUT2D eigenvalue weighted by Crippen LogP contribution is 2.12. The van der Waals surface area contributed by atoms with Crippen molar-refractivity contribution in [3.05, 3.63) is 47.3 Å². The van der Waals surface area contributed by atoms with E-state index >= 15 is 0 Å². The third kappa shape index (κ3) is 10.9. The van der Waals surface area contributed by atoms with E-state index in [-0.39, 0.29) is 12.5 Å². The van der Waals surface area contributed by atoms with Gasteiger partial charge in [0.2, 0.25) is 5.95 Å². The summed E-state index contributed by atoms with van der Waals surface area (Å²) in [6, 6.07) is 11.6. The summed E-state index contributed by atoms with van der Waals surface area (Å²) >= 11 is 4.03. The number of carbonyl (C=O) groups is 1. The quantitative estimate of drug-likeness (QED) is 0.265. The van der Waals surface area contributed by atoms with E-state index in [0.717, 1.165) is 24.3 Å². The minimum absolute atomic E-state index is 0.0444. The Kier molecular flexibility index (Phi) is 11.5. The number of nitriles is 1. The van der Waals surface area contributed by atoms with Crippen molar-refractivity contribution < 1.29 is 9.53 Å². The first kappa shape index (κ1) is 27.2. The molecule has 1 aromatic carbocycles. The third-order valence-corrected chi connectivity index (χ3v) is 4.19. The Morgan fingerprint density at radius 2 is 1.91 bits per heavy atom. The van der Waals surface area contributed by atoms with Crippen LogP contribution < -0.4 is 21.1 Å². The minimum atomic E-state index is -0.406. The Hall–Kier alpha value is -2.87. The topological polar surface area (TPSA) is 143 Å². The van der Waals surface area contributed by atoms with Crippen molar-refractivity contribution in [2.45, 2.75) is 39.7 Å². The van der Waals surface area contributed by atoms with Crippen molar-refractivity contribution in [2.24, 2.45) is 5.73 Å². The van der Waals surface area contributed by atoms with Crippen molar-refractivity contribution >= 4 is 30.4 Å². The molecular formula is C22H33N7O2S. The van der Waals surface area contributed by atoms with Crippen LogP contribution in [0.25, 0.3) is 0 Å². The number of aryl methyl sites for hydroxylation is 1. The number of aromatic nitrogens is 2. The average molecular weight is 460 g/mol. The summed E-state index contributed by atoms with van der Waals surface area (Å²) in [7, 11) is 0. The average Bonchev–Trinajstić information content (AvgIpc) is 2.73. The second-order valence-electron chi connectivity index (χ2n) is 7.98. The molecule has 1 heterocycles. The molecule has 9 nitrogen and oxygen atoms in total. The van der Waals surface area contributed by atoms with Crippen molar-refractivity contribution in [1.29, 1.82) is 5.26 Å². The summed E-state index contributed by atoms with van der Waals surface area (Å²) in [6.45, 7) is 9.37. The van der Waals surface area contributed by atoms with Crippen molar-refractivity contribution in [2.75, 3.05) is 36.8 Å². The van der Waals surface area contributed by atoms with Crippen LogP contribution in [0.5, 0.6) is 0 Å². The Morgan fingerprint density at radius 1 is 1.25 bits per heavy atom. The van der Waals surface area contributed by atoms with Gasteiger partial charge in [-0.15, -0.1) is 0 Å². The van der Waals surface area contributed by atoms with Crippen molar-refractivity contribution in [3.63, 3.8) is 0 Å². The second-order valence-corrected chi connectivity index (χ2v) is 8.30. The number of nitrogens with two attached hydrogens (primary N) is 2. The molecule has 0 amide bonds. The van der Waals surface area contributed by atoms with Crippen molar-refractivity contribution in [1.82, 2.24) is 14.7 Å². The molecule has 2 rings (SSSR count). The largest absolute Gasteiger partial charge is 0.459 e. The number of rotatable bonds is 8. The van der Waals surface area contributed by atoms with Crippen LogP contribution in [0.3, 0.4) is 0 Å². The van der Waals surface area contributed by atoms with Crippen LogP contribution in [0.4, 0.5) is 11.6 Å². The number of esters is 1. The van der Waals surface area contributed by atoms with Gasteiger partial charge in [0.05, 0.1) is 6.54 Å². The van der Waals surface area contributed by atoms with Crippen LogP contribution >= 0.6 is 12.8 Å². The Bertz CT molecular complexity index is 893. The molecule has 0 aliphatic rings. The van der Waals surface area contributed by atoms with Crippen LogP contribution in [0.15, 0.2) is 30.3 Å². The zero-order valence-corrected chi connectivity index (χ0v) is 20.0. The molecule has 0 saturated heterocycles. The van der Waals surface area contributed by atoms with Gasteiger partial charge in [-0.05, 0) is 57.9 Å². The molecule has 0 radical (unpaired) electrons. The van der Waals surface area contributed by atoms with Gasteiger partial charge in [-0.2, -0.15) is 5.26 Å². The fraction of sp³-hybridized carbons (Fsp3) is 0.455. The number of anilines is 2. The molecular weight excluding hydrogens is 426 g/mol. The highest BCUT2D eigenvalue weighted by molar-refractivity contribution is 7.78.